The summed E-state index contributed by atoms with van der Waals surface area (Å²) >= 11 is 0. The highest BCUT2D eigenvalue weighted by Gasteiger charge is 2.32. The molecule has 2 aliphatic rings. The molecule has 0 saturated carbocycles. The number of nitrogens with one attached hydrogen (secondary N) is 1. The van der Waals surface area contributed by atoms with Crippen LogP contribution in [0.1, 0.15) is 27.8 Å². The smallest absolute Gasteiger partial charge is 0.205 e. The number of H-pyrrole nitrogens is 1. The van der Waals surface area contributed by atoms with Gasteiger partial charge in [0, 0.05) is 24.2 Å². The average Bonchev–Trinajstić information content (AvgIpc) is 3.61. The summed E-state index contributed by atoms with van der Waals surface area (Å²) in [5.41, 5.74) is 8.37. The zero-order valence-corrected chi connectivity index (χ0v) is 22.6. The number of fused-ring (bicyclic) bond motifs is 1. The van der Waals surface area contributed by atoms with Gasteiger partial charge in [-0.15, -0.1) is 0 Å². The lowest BCUT2D eigenvalue weighted by molar-refractivity contribution is 0.564. The molecule has 1 aromatic heterocycles. The van der Waals surface area contributed by atoms with Gasteiger partial charge in [0.05, 0.1) is 22.6 Å². The summed E-state index contributed by atoms with van der Waals surface area (Å²) in [5.74, 6) is 0.590. The standard InChI is InChI=1S/C31H27N5O2S/c1-20-4-12-26(13-5-20)39(37,38)31(28-17-32-19-33-28)36-15-14-27-29(18-36)35-30(34-27)24-10-8-23(9-11-24)25-7-6-21(2)22(3)16-25/h4-19,31H,1-3H3,(H,32,33). The first-order valence-electron chi connectivity index (χ1n) is 12.6. The minimum absolute atomic E-state index is 0.229. The number of rotatable bonds is 6. The molecular formula is C31H27N5O2S. The van der Waals surface area contributed by atoms with Gasteiger partial charge in [0.25, 0.3) is 0 Å². The number of sulfone groups is 1. The highest BCUT2D eigenvalue weighted by molar-refractivity contribution is 7.91. The van der Waals surface area contributed by atoms with E-state index >= 15 is 0 Å². The lowest BCUT2D eigenvalue weighted by atomic mass is 9.99. The number of hydrogen-bond acceptors (Lipinski definition) is 5. The third kappa shape index (κ3) is 4.64. The van der Waals surface area contributed by atoms with Crippen molar-refractivity contribution in [2.75, 3.05) is 0 Å². The lowest BCUT2D eigenvalue weighted by Gasteiger charge is -2.20. The van der Waals surface area contributed by atoms with Crippen molar-refractivity contribution >= 4 is 9.84 Å². The summed E-state index contributed by atoms with van der Waals surface area (Å²) in [6.45, 7) is 6.15. The fraction of sp³-hybridized carbons (Fsp3) is 0.129. The maximum atomic E-state index is 13.8. The minimum atomic E-state index is -3.81. The van der Waals surface area contributed by atoms with Crippen LogP contribution in [0.2, 0.25) is 0 Å². The van der Waals surface area contributed by atoms with E-state index in [9.17, 15) is 8.42 Å². The number of nitrogens with zero attached hydrogens (tertiary/aromatic N) is 4. The van der Waals surface area contributed by atoms with E-state index in [2.05, 4.69) is 54.1 Å². The van der Waals surface area contributed by atoms with Crippen LogP contribution in [-0.2, 0) is 9.84 Å². The highest BCUT2D eigenvalue weighted by Crippen LogP contribution is 2.33. The number of benzene rings is 3. The third-order valence-electron chi connectivity index (χ3n) is 7.06. The monoisotopic (exact) mass is 533 g/mol. The fourth-order valence-electron chi connectivity index (χ4n) is 4.67. The van der Waals surface area contributed by atoms with Crippen molar-refractivity contribution in [2.45, 2.75) is 31.0 Å². The molecule has 1 atom stereocenters. The predicted octanol–water partition coefficient (Wildman–Crippen LogP) is 6.39. The van der Waals surface area contributed by atoms with Crippen molar-refractivity contribution in [1.82, 2.24) is 24.5 Å². The van der Waals surface area contributed by atoms with Crippen molar-refractivity contribution < 1.29 is 8.42 Å². The first-order chi connectivity index (χ1) is 18.8. The molecule has 0 bridgehead atoms. The first kappa shape index (κ1) is 24.8. The van der Waals surface area contributed by atoms with Gasteiger partial charge in [-0.25, -0.2) is 23.4 Å². The van der Waals surface area contributed by atoms with Crippen LogP contribution in [0.5, 0.6) is 0 Å². The summed E-state index contributed by atoms with van der Waals surface area (Å²) in [6, 6.07) is 23.3. The molecule has 1 unspecified atom stereocenters. The Morgan fingerprint density at radius 2 is 1.46 bits per heavy atom. The van der Waals surface area contributed by atoms with Gasteiger partial charge in [0.2, 0.25) is 9.84 Å². The van der Waals surface area contributed by atoms with Crippen molar-refractivity contribution in [3.05, 3.63) is 120 Å². The Kier molecular flexibility index (Phi) is 6.12. The van der Waals surface area contributed by atoms with Gasteiger partial charge in [-0.2, -0.15) is 0 Å². The Morgan fingerprint density at radius 1 is 0.769 bits per heavy atom. The Hall–Kier alpha value is -4.56. The summed E-state index contributed by atoms with van der Waals surface area (Å²) in [6.07, 6.45) is 6.52. The summed E-state index contributed by atoms with van der Waals surface area (Å²) in [5, 5.41) is -1.06. The summed E-state index contributed by atoms with van der Waals surface area (Å²) < 4.78 is 29.2. The molecule has 0 fully saturated rings. The van der Waals surface area contributed by atoms with Crippen LogP contribution in [0, 0.1) is 20.8 Å². The van der Waals surface area contributed by atoms with Crippen LogP contribution in [-0.4, -0.2) is 32.9 Å². The van der Waals surface area contributed by atoms with Crippen molar-refractivity contribution in [1.29, 1.82) is 0 Å². The van der Waals surface area contributed by atoms with Crippen LogP contribution in [0.15, 0.2) is 103 Å². The maximum absolute atomic E-state index is 13.8. The van der Waals surface area contributed by atoms with Crippen LogP contribution in [0.25, 0.3) is 33.9 Å². The molecule has 1 N–H and O–H groups in total. The molecule has 2 aliphatic heterocycles. The Morgan fingerprint density at radius 3 is 2.15 bits per heavy atom. The third-order valence-corrected chi connectivity index (χ3v) is 9.06. The molecule has 6 rings (SSSR count). The molecule has 194 valence electrons. The van der Waals surface area contributed by atoms with E-state index in [1.54, 1.807) is 53.5 Å². The van der Waals surface area contributed by atoms with E-state index in [0.717, 1.165) is 16.7 Å². The average molecular weight is 534 g/mol. The van der Waals surface area contributed by atoms with Crippen molar-refractivity contribution in [3.63, 3.8) is 0 Å². The number of imidazole rings is 2. The topological polar surface area (TPSA) is 93.5 Å². The van der Waals surface area contributed by atoms with Gasteiger partial charge in [-0.3, -0.25) is 0 Å². The lowest BCUT2D eigenvalue weighted by Crippen LogP contribution is -2.22. The highest BCUT2D eigenvalue weighted by atomic mass is 32.2. The number of aromatic amines is 1. The Labute approximate surface area is 227 Å². The molecular weight excluding hydrogens is 506 g/mol. The van der Waals surface area contributed by atoms with E-state index < -0.39 is 15.2 Å². The number of aromatic nitrogens is 5. The predicted molar refractivity (Wildman–Crippen MR) is 152 cm³/mol. The molecule has 0 radical (unpaired) electrons. The number of hydrogen-bond donors (Lipinski definition) is 1. The van der Waals surface area contributed by atoms with E-state index in [4.69, 9.17) is 9.97 Å². The zero-order chi connectivity index (χ0) is 27.1. The van der Waals surface area contributed by atoms with Gasteiger partial charge >= 0.3 is 0 Å². The van der Waals surface area contributed by atoms with Crippen LogP contribution < -0.4 is 0 Å². The molecule has 0 aliphatic carbocycles. The quantitative estimate of drug-likeness (QED) is 0.268. The largest absolute Gasteiger partial charge is 0.351 e. The zero-order valence-electron chi connectivity index (χ0n) is 21.8. The van der Waals surface area contributed by atoms with Gasteiger partial charge in [0.15, 0.2) is 11.2 Å². The Bertz CT molecular complexity index is 1840. The van der Waals surface area contributed by atoms with E-state index in [-0.39, 0.29) is 4.90 Å². The van der Waals surface area contributed by atoms with Crippen LogP contribution >= 0.6 is 0 Å². The number of pyridine rings is 1. The molecule has 0 spiro atoms. The van der Waals surface area contributed by atoms with Gasteiger partial charge in [-0.1, -0.05) is 60.2 Å². The van der Waals surface area contributed by atoms with Crippen LogP contribution in [0.4, 0.5) is 0 Å². The molecule has 4 aromatic rings. The van der Waals surface area contributed by atoms with Gasteiger partial charge in [-0.05, 0) is 61.2 Å². The van der Waals surface area contributed by atoms with Crippen molar-refractivity contribution in [2.24, 2.45) is 0 Å². The Balaban J connectivity index is 1.36. The minimum Gasteiger partial charge on any atom is -0.351 e. The molecule has 7 nitrogen and oxygen atoms in total. The maximum Gasteiger partial charge on any atom is 0.205 e. The fourth-order valence-corrected chi connectivity index (χ4v) is 6.34. The second-order valence-electron chi connectivity index (χ2n) is 9.79. The SMILES string of the molecule is Cc1ccc(S(=O)(=O)C(c2c[nH]cn2)n2ccc3nc(-c4ccc(-c5ccc(C)c(C)c5)cc4)nc-3c2)cc1. The molecule has 3 aromatic carbocycles. The molecule has 3 heterocycles. The second kappa shape index (κ2) is 9.63. The van der Waals surface area contributed by atoms with Crippen molar-refractivity contribution in [3.8, 4) is 33.9 Å². The van der Waals surface area contributed by atoms with Gasteiger partial charge < -0.3 is 9.55 Å². The normalized spacial score (nSPS) is 12.6. The molecule has 0 saturated heterocycles. The molecule has 8 heteroatoms. The second-order valence-corrected chi connectivity index (χ2v) is 11.8. The van der Waals surface area contributed by atoms with E-state index in [1.807, 2.05) is 19.1 Å². The summed E-state index contributed by atoms with van der Waals surface area (Å²) in [4.78, 5) is 16.9. The van der Waals surface area contributed by atoms with E-state index in [0.29, 0.717) is 22.9 Å². The van der Waals surface area contributed by atoms with E-state index in [1.165, 1.54) is 23.0 Å². The molecule has 39 heavy (non-hydrogen) atoms. The van der Waals surface area contributed by atoms with Crippen LogP contribution in [0.3, 0.4) is 0 Å². The molecule has 0 amide bonds. The first-order valence-corrected chi connectivity index (χ1v) is 14.2. The number of aryl methyl sites for hydroxylation is 3. The van der Waals surface area contributed by atoms with Gasteiger partial charge in [0.1, 0.15) is 5.69 Å². The summed E-state index contributed by atoms with van der Waals surface area (Å²) in [7, 11) is -3.81.